The van der Waals surface area contributed by atoms with Crippen LogP contribution in [0, 0.1) is 0 Å². The van der Waals surface area contributed by atoms with Crippen LogP contribution in [0.5, 0.6) is 5.75 Å². The van der Waals surface area contributed by atoms with Crippen LogP contribution in [-0.4, -0.2) is 32.8 Å². The van der Waals surface area contributed by atoms with Gasteiger partial charge in [0.2, 0.25) is 0 Å². The lowest BCUT2D eigenvalue weighted by molar-refractivity contribution is 0.224. The van der Waals surface area contributed by atoms with Gasteiger partial charge in [0.25, 0.3) is 0 Å². The molecule has 0 aromatic heterocycles. The molecule has 1 atom stereocenters. The molecule has 1 N–H and O–H groups in total. The molecule has 0 amide bonds. The molecule has 2 aliphatic rings. The molecule has 1 saturated heterocycles. The maximum atomic E-state index is 6.08. The molecule has 1 unspecified atom stereocenters. The second kappa shape index (κ2) is 3.98. The highest BCUT2D eigenvalue weighted by atomic mass is 16.5. The van der Waals surface area contributed by atoms with E-state index in [0.717, 1.165) is 38.2 Å². The Bertz CT molecular complexity index is 386. The molecule has 3 nitrogen and oxygen atoms in total. The fraction of sp³-hybridized carbons (Fsp3) is 0.538. The molecule has 1 aromatic rings. The molecule has 16 heavy (non-hydrogen) atoms. The molecule has 0 bridgehead atoms. The summed E-state index contributed by atoms with van der Waals surface area (Å²) in [6.07, 6.45) is 2.61. The monoisotopic (exact) mass is 218 g/mol. The van der Waals surface area contributed by atoms with E-state index in [1.807, 2.05) is 0 Å². The molecule has 2 heterocycles. The van der Waals surface area contributed by atoms with Crippen LogP contribution in [0.3, 0.4) is 0 Å². The van der Waals surface area contributed by atoms with Gasteiger partial charge >= 0.3 is 0 Å². The first kappa shape index (κ1) is 9.97. The highest BCUT2D eigenvalue weighted by Crippen LogP contribution is 2.36. The maximum absolute atomic E-state index is 6.08. The molecule has 2 aliphatic heterocycles. The Balaban J connectivity index is 1.86. The first-order valence-electron chi connectivity index (χ1n) is 6.05. The lowest BCUT2D eigenvalue weighted by Crippen LogP contribution is -2.21. The third kappa shape index (κ3) is 1.65. The third-order valence-electron chi connectivity index (χ3n) is 3.49. The quantitative estimate of drug-likeness (QED) is 0.812. The lowest BCUT2D eigenvalue weighted by atomic mass is 10.1. The Kier molecular flexibility index (Phi) is 2.48. The summed E-state index contributed by atoms with van der Waals surface area (Å²) in [6.45, 7) is 3.17. The minimum absolute atomic E-state index is 0.348. The summed E-state index contributed by atoms with van der Waals surface area (Å²) in [5, 5.41) is 3.33. The molecule has 3 heteroatoms. The van der Waals surface area contributed by atoms with Crippen LogP contribution in [0.25, 0.3) is 0 Å². The van der Waals surface area contributed by atoms with Crippen LogP contribution in [0.1, 0.15) is 12.0 Å². The predicted molar refractivity (Wildman–Crippen MR) is 65.3 cm³/mol. The van der Waals surface area contributed by atoms with Gasteiger partial charge in [-0.25, -0.2) is 0 Å². The van der Waals surface area contributed by atoms with Crippen molar-refractivity contribution in [3.63, 3.8) is 0 Å². The van der Waals surface area contributed by atoms with Crippen molar-refractivity contribution in [3.8, 4) is 5.75 Å². The summed E-state index contributed by atoms with van der Waals surface area (Å²) in [5.74, 6) is 1.06. The summed E-state index contributed by atoms with van der Waals surface area (Å²) in [7, 11) is 2.14. The second-order valence-corrected chi connectivity index (χ2v) is 4.67. The molecule has 0 radical (unpaired) electrons. The van der Waals surface area contributed by atoms with Crippen LogP contribution in [0.4, 0.5) is 5.69 Å². The SMILES string of the molecule is CN1CCc2cccc(OC3CCNC3)c21. The summed E-state index contributed by atoms with van der Waals surface area (Å²) >= 11 is 0. The Morgan fingerprint density at radius 3 is 3.19 bits per heavy atom. The highest BCUT2D eigenvalue weighted by Gasteiger charge is 2.23. The minimum atomic E-state index is 0.348. The summed E-state index contributed by atoms with van der Waals surface area (Å²) in [6, 6.07) is 6.41. The van der Waals surface area contributed by atoms with Gasteiger partial charge in [0.05, 0.1) is 5.69 Å². The van der Waals surface area contributed by atoms with Gasteiger partial charge in [-0.1, -0.05) is 12.1 Å². The van der Waals surface area contributed by atoms with Gasteiger partial charge in [-0.05, 0) is 31.0 Å². The van der Waals surface area contributed by atoms with Crippen molar-refractivity contribution in [2.45, 2.75) is 18.9 Å². The number of benzene rings is 1. The van der Waals surface area contributed by atoms with Crippen LogP contribution in [0.2, 0.25) is 0 Å². The van der Waals surface area contributed by atoms with Gasteiger partial charge in [-0.3, -0.25) is 0 Å². The number of anilines is 1. The van der Waals surface area contributed by atoms with E-state index in [0.29, 0.717) is 6.10 Å². The Labute approximate surface area is 96.4 Å². The van der Waals surface area contributed by atoms with E-state index in [1.165, 1.54) is 11.3 Å². The van der Waals surface area contributed by atoms with Crippen molar-refractivity contribution < 1.29 is 4.74 Å². The van der Waals surface area contributed by atoms with E-state index in [4.69, 9.17) is 4.74 Å². The topological polar surface area (TPSA) is 24.5 Å². The number of hydrogen-bond acceptors (Lipinski definition) is 3. The predicted octanol–water partition coefficient (Wildman–Crippen LogP) is 1.42. The van der Waals surface area contributed by atoms with Crippen molar-refractivity contribution >= 4 is 5.69 Å². The van der Waals surface area contributed by atoms with Crippen LogP contribution >= 0.6 is 0 Å². The number of fused-ring (bicyclic) bond motifs is 1. The number of hydrogen-bond donors (Lipinski definition) is 1. The third-order valence-corrected chi connectivity index (χ3v) is 3.49. The van der Waals surface area contributed by atoms with Gasteiger partial charge in [0.1, 0.15) is 11.9 Å². The average molecular weight is 218 g/mol. The smallest absolute Gasteiger partial charge is 0.143 e. The molecule has 3 rings (SSSR count). The molecule has 1 fully saturated rings. The number of para-hydroxylation sites is 1. The standard InChI is InChI=1S/C13H18N2O/c1-15-8-6-10-3-2-4-12(13(10)15)16-11-5-7-14-9-11/h2-4,11,14H,5-9H2,1H3. The van der Waals surface area contributed by atoms with Gasteiger partial charge in [-0.15, -0.1) is 0 Å². The zero-order valence-corrected chi connectivity index (χ0v) is 9.70. The summed E-state index contributed by atoms with van der Waals surface area (Å²) in [4.78, 5) is 2.30. The number of rotatable bonds is 2. The fourth-order valence-corrected chi connectivity index (χ4v) is 2.61. The molecular weight excluding hydrogens is 200 g/mol. The molecule has 0 saturated carbocycles. The zero-order valence-electron chi connectivity index (χ0n) is 9.70. The van der Waals surface area contributed by atoms with Crippen molar-refractivity contribution in [1.82, 2.24) is 5.32 Å². The molecule has 1 aromatic carbocycles. The minimum Gasteiger partial charge on any atom is -0.487 e. The van der Waals surface area contributed by atoms with Gasteiger partial charge in [0, 0.05) is 20.1 Å². The normalized spacial score (nSPS) is 23.6. The maximum Gasteiger partial charge on any atom is 0.143 e. The Morgan fingerprint density at radius 2 is 2.38 bits per heavy atom. The Morgan fingerprint density at radius 1 is 1.44 bits per heavy atom. The van der Waals surface area contributed by atoms with E-state index in [2.05, 4.69) is 35.5 Å². The van der Waals surface area contributed by atoms with Crippen LogP contribution in [-0.2, 0) is 6.42 Å². The molecule has 86 valence electrons. The van der Waals surface area contributed by atoms with E-state index in [-0.39, 0.29) is 0 Å². The summed E-state index contributed by atoms with van der Waals surface area (Å²) in [5.41, 5.74) is 2.72. The summed E-state index contributed by atoms with van der Waals surface area (Å²) < 4.78 is 6.08. The average Bonchev–Trinajstić information content (AvgIpc) is 2.90. The van der Waals surface area contributed by atoms with Crippen molar-refractivity contribution in [1.29, 1.82) is 0 Å². The lowest BCUT2D eigenvalue weighted by Gasteiger charge is -2.20. The zero-order chi connectivity index (χ0) is 11.0. The number of likely N-dealkylation sites (N-methyl/N-ethyl adjacent to an activating group) is 1. The largest absolute Gasteiger partial charge is 0.487 e. The van der Waals surface area contributed by atoms with E-state index >= 15 is 0 Å². The number of nitrogens with one attached hydrogen (secondary N) is 1. The first-order chi connectivity index (χ1) is 7.84. The number of ether oxygens (including phenoxy) is 1. The van der Waals surface area contributed by atoms with Crippen LogP contribution < -0.4 is 15.0 Å². The van der Waals surface area contributed by atoms with E-state index in [9.17, 15) is 0 Å². The van der Waals surface area contributed by atoms with Gasteiger partial charge in [0.15, 0.2) is 0 Å². The van der Waals surface area contributed by atoms with E-state index in [1.54, 1.807) is 0 Å². The highest BCUT2D eigenvalue weighted by molar-refractivity contribution is 5.66. The fourth-order valence-electron chi connectivity index (χ4n) is 2.61. The Hall–Kier alpha value is -1.22. The van der Waals surface area contributed by atoms with Crippen LogP contribution in [0.15, 0.2) is 18.2 Å². The molecule has 0 spiro atoms. The van der Waals surface area contributed by atoms with Gasteiger partial charge in [-0.2, -0.15) is 0 Å². The second-order valence-electron chi connectivity index (χ2n) is 4.67. The van der Waals surface area contributed by atoms with Crippen molar-refractivity contribution in [2.24, 2.45) is 0 Å². The van der Waals surface area contributed by atoms with Crippen molar-refractivity contribution in [2.75, 3.05) is 31.6 Å². The van der Waals surface area contributed by atoms with E-state index < -0.39 is 0 Å². The van der Waals surface area contributed by atoms with Gasteiger partial charge < -0.3 is 15.0 Å². The first-order valence-corrected chi connectivity index (χ1v) is 6.05. The number of nitrogens with zero attached hydrogens (tertiary/aromatic N) is 1. The van der Waals surface area contributed by atoms with Crippen molar-refractivity contribution in [3.05, 3.63) is 23.8 Å². The molecule has 0 aliphatic carbocycles. The molecular formula is C13H18N2O.